The summed E-state index contributed by atoms with van der Waals surface area (Å²) in [7, 11) is 0. The summed E-state index contributed by atoms with van der Waals surface area (Å²) in [5, 5.41) is 12.1. The van der Waals surface area contributed by atoms with E-state index in [1.54, 1.807) is 12.1 Å². The average Bonchev–Trinajstić information content (AvgIpc) is 2.68. The smallest absolute Gasteiger partial charge is 0.411 e. The Kier molecular flexibility index (Phi) is 5.29. The third-order valence-electron chi connectivity index (χ3n) is 3.82. The fraction of sp³-hybridized carbons (Fsp3) is 0.0476. The van der Waals surface area contributed by atoms with Gasteiger partial charge >= 0.3 is 12.1 Å². The van der Waals surface area contributed by atoms with Crippen LogP contribution in [0.15, 0.2) is 78.9 Å². The molecule has 1 amide bonds. The van der Waals surface area contributed by atoms with Gasteiger partial charge in [-0.05, 0) is 17.2 Å². The van der Waals surface area contributed by atoms with Crippen LogP contribution in [0.3, 0.4) is 0 Å². The standard InChI is InChI=1S/C21H17NO4/c23-20(24)18-13-7-12-17(16-10-5-2-6-11-16)19(18)22-21(25)26-14-15-8-3-1-4-9-15/h1-13H,14H2,(H,22,25)(H,23,24). The molecular weight excluding hydrogens is 330 g/mol. The lowest BCUT2D eigenvalue weighted by atomic mass is 10.00. The van der Waals surface area contributed by atoms with E-state index in [1.165, 1.54) is 6.07 Å². The molecule has 0 saturated carbocycles. The van der Waals surface area contributed by atoms with E-state index in [4.69, 9.17) is 4.74 Å². The summed E-state index contributed by atoms with van der Waals surface area (Å²) in [4.78, 5) is 23.8. The molecule has 0 radical (unpaired) electrons. The molecule has 5 nitrogen and oxygen atoms in total. The number of hydrogen-bond donors (Lipinski definition) is 2. The van der Waals surface area contributed by atoms with Crippen molar-refractivity contribution in [1.82, 2.24) is 0 Å². The molecule has 2 N–H and O–H groups in total. The zero-order valence-corrected chi connectivity index (χ0v) is 13.9. The molecule has 0 aromatic heterocycles. The zero-order valence-electron chi connectivity index (χ0n) is 13.9. The van der Waals surface area contributed by atoms with Crippen molar-refractivity contribution in [1.29, 1.82) is 0 Å². The van der Waals surface area contributed by atoms with E-state index in [-0.39, 0.29) is 17.9 Å². The van der Waals surface area contributed by atoms with Gasteiger partial charge in [0.25, 0.3) is 0 Å². The first-order chi connectivity index (χ1) is 12.6. The van der Waals surface area contributed by atoms with E-state index < -0.39 is 12.1 Å². The Morgan fingerprint density at radius 2 is 1.50 bits per heavy atom. The Morgan fingerprint density at radius 1 is 0.846 bits per heavy atom. The van der Waals surface area contributed by atoms with Crippen molar-refractivity contribution in [3.63, 3.8) is 0 Å². The Balaban J connectivity index is 1.85. The van der Waals surface area contributed by atoms with Crippen LogP contribution in [0.1, 0.15) is 15.9 Å². The molecule has 0 heterocycles. The van der Waals surface area contributed by atoms with Crippen LogP contribution < -0.4 is 5.32 Å². The summed E-state index contributed by atoms with van der Waals surface area (Å²) in [5.74, 6) is -1.12. The molecule has 26 heavy (non-hydrogen) atoms. The SMILES string of the molecule is O=C(Nc1c(C(=O)O)cccc1-c1ccccc1)OCc1ccccc1. The maximum atomic E-state index is 12.2. The van der Waals surface area contributed by atoms with Gasteiger partial charge in [0, 0.05) is 5.56 Å². The van der Waals surface area contributed by atoms with Gasteiger partial charge in [0.05, 0.1) is 11.3 Å². The number of carbonyl (C=O) groups is 2. The normalized spacial score (nSPS) is 10.2. The van der Waals surface area contributed by atoms with Crippen LogP contribution in [-0.2, 0) is 11.3 Å². The maximum Gasteiger partial charge on any atom is 0.411 e. The average molecular weight is 347 g/mol. The molecule has 0 aliphatic carbocycles. The minimum atomic E-state index is -1.12. The number of carboxylic acid groups (broad SMARTS) is 1. The number of rotatable bonds is 5. The molecule has 0 aliphatic rings. The number of carbonyl (C=O) groups excluding carboxylic acids is 1. The number of para-hydroxylation sites is 1. The molecule has 0 atom stereocenters. The number of nitrogens with one attached hydrogen (secondary N) is 1. The van der Waals surface area contributed by atoms with Crippen LogP contribution in [0, 0.1) is 0 Å². The second-order valence-corrected chi connectivity index (χ2v) is 5.59. The molecule has 5 heteroatoms. The van der Waals surface area contributed by atoms with Crippen LogP contribution in [-0.4, -0.2) is 17.2 Å². The summed E-state index contributed by atoms with van der Waals surface area (Å²) in [6.45, 7) is 0.0998. The first-order valence-corrected chi connectivity index (χ1v) is 8.04. The Hall–Kier alpha value is -3.60. The topological polar surface area (TPSA) is 75.6 Å². The zero-order chi connectivity index (χ0) is 18.4. The Bertz CT molecular complexity index is 908. The monoisotopic (exact) mass is 347 g/mol. The van der Waals surface area contributed by atoms with Crippen molar-refractivity contribution in [2.75, 3.05) is 5.32 Å². The number of aromatic carboxylic acids is 1. The lowest BCUT2D eigenvalue weighted by Crippen LogP contribution is -2.17. The first-order valence-electron chi connectivity index (χ1n) is 8.04. The van der Waals surface area contributed by atoms with Gasteiger partial charge in [-0.2, -0.15) is 0 Å². The van der Waals surface area contributed by atoms with Gasteiger partial charge in [-0.1, -0.05) is 72.8 Å². The largest absolute Gasteiger partial charge is 0.478 e. The number of anilines is 1. The molecular formula is C21H17NO4. The first kappa shape index (κ1) is 17.2. The van der Waals surface area contributed by atoms with Crippen molar-refractivity contribution < 1.29 is 19.4 Å². The van der Waals surface area contributed by atoms with Crippen LogP contribution in [0.4, 0.5) is 10.5 Å². The van der Waals surface area contributed by atoms with Crippen molar-refractivity contribution in [3.05, 3.63) is 90.0 Å². The minimum Gasteiger partial charge on any atom is -0.478 e. The third-order valence-corrected chi connectivity index (χ3v) is 3.82. The summed E-state index contributed by atoms with van der Waals surface area (Å²) in [5.41, 5.74) is 2.47. The Labute approximate surface area is 150 Å². The summed E-state index contributed by atoms with van der Waals surface area (Å²) >= 11 is 0. The van der Waals surface area contributed by atoms with Gasteiger partial charge in [0.15, 0.2) is 0 Å². The predicted octanol–water partition coefficient (Wildman–Crippen LogP) is 4.80. The third kappa shape index (κ3) is 4.08. The summed E-state index contributed by atoms with van der Waals surface area (Å²) < 4.78 is 5.21. The second kappa shape index (κ2) is 7.98. The number of amides is 1. The highest BCUT2D eigenvalue weighted by Crippen LogP contribution is 2.31. The van der Waals surface area contributed by atoms with Crippen LogP contribution in [0.25, 0.3) is 11.1 Å². The van der Waals surface area contributed by atoms with Gasteiger partial charge in [-0.25, -0.2) is 9.59 Å². The molecule has 0 fully saturated rings. The highest BCUT2D eigenvalue weighted by Gasteiger charge is 2.18. The van der Waals surface area contributed by atoms with E-state index in [2.05, 4.69) is 5.32 Å². The summed E-state index contributed by atoms with van der Waals surface area (Å²) in [6.07, 6.45) is -0.709. The van der Waals surface area contributed by atoms with Crippen molar-refractivity contribution in [2.45, 2.75) is 6.61 Å². The number of benzene rings is 3. The molecule has 3 aromatic rings. The molecule has 0 saturated heterocycles. The van der Waals surface area contributed by atoms with Gasteiger partial charge < -0.3 is 9.84 Å². The van der Waals surface area contributed by atoms with E-state index in [1.807, 2.05) is 60.7 Å². The van der Waals surface area contributed by atoms with Crippen molar-refractivity contribution in [2.24, 2.45) is 0 Å². The van der Waals surface area contributed by atoms with E-state index in [0.717, 1.165) is 11.1 Å². The molecule has 3 rings (SSSR count). The van der Waals surface area contributed by atoms with Gasteiger partial charge in [0.2, 0.25) is 0 Å². The fourth-order valence-electron chi connectivity index (χ4n) is 2.58. The fourth-order valence-corrected chi connectivity index (χ4v) is 2.58. The van der Waals surface area contributed by atoms with Crippen LogP contribution in [0.5, 0.6) is 0 Å². The lowest BCUT2D eigenvalue weighted by Gasteiger charge is -2.14. The number of carboxylic acids is 1. The lowest BCUT2D eigenvalue weighted by molar-refractivity contribution is 0.0698. The van der Waals surface area contributed by atoms with Crippen molar-refractivity contribution in [3.8, 4) is 11.1 Å². The van der Waals surface area contributed by atoms with Crippen LogP contribution in [0.2, 0.25) is 0 Å². The van der Waals surface area contributed by atoms with Gasteiger partial charge in [0.1, 0.15) is 6.61 Å². The van der Waals surface area contributed by atoms with E-state index in [9.17, 15) is 14.7 Å². The number of ether oxygens (including phenoxy) is 1. The minimum absolute atomic E-state index is 0.00279. The Morgan fingerprint density at radius 3 is 2.15 bits per heavy atom. The molecule has 3 aromatic carbocycles. The van der Waals surface area contributed by atoms with Gasteiger partial charge in [-0.3, -0.25) is 5.32 Å². The van der Waals surface area contributed by atoms with Crippen LogP contribution >= 0.6 is 0 Å². The molecule has 0 unspecified atom stereocenters. The van der Waals surface area contributed by atoms with E-state index in [0.29, 0.717) is 5.56 Å². The second-order valence-electron chi connectivity index (χ2n) is 5.59. The highest BCUT2D eigenvalue weighted by atomic mass is 16.5. The highest BCUT2D eigenvalue weighted by molar-refractivity contribution is 6.03. The predicted molar refractivity (Wildman–Crippen MR) is 99.1 cm³/mol. The molecule has 130 valence electrons. The quantitative estimate of drug-likeness (QED) is 0.695. The molecule has 0 spiro atoms. The maximum absolute atomic E-state index is 12.2. The molecule has 0 bridgehead atoms. The summed E-state index contributed by atoms with van der Waals surface area (Å²) in [6, 6.07) is 23.4. The van der Waals surface area contributed by atoms with Crippen molar-refractivity contribution >= 4 is 17.7 Å². The molecule has 0 aliphatic heterocycles. The van der Waals surface area contributed by atoms with Gasteiger partial charge in [-0.15, -0.1) is 0 Å². The number of hydrogen-bond acceptors (Lipinski definition) is 3. The van der Waals surface area contributed by atoms with E-state index >= 15 is 0 Å².